The summed E-state index contributed by atoms with van der Waals surface area (Å²) >= 11 is 3.11. The van der Waals surface area contributed by atoms with Gasteiger partial charge in [-0.15, -0.1) is 0 Å². The molecule has 0 fully saturated rings. The zero-order valence-corrected chi connectivity index (χ0v) is 9.81. The number of thioether (sulfide) groups is 1. The number of rotatable bonds is 4. The average molecular weight is 238 g/mol. The van der Waals surface area contributed by atoms with Crippen LogP contribution in [0.2, 0.25) is 0 Å². The fourth-order valence-electron chi connectivity index (χ4n) is 1.07. The SMILES string of the molecule is CNc1cc(CSc2ncns2)ccn1. The van der Waals surface area contributed by atoms with Crippen molar-refractivity contribution < 1.29 is 0 Å². The predicted molar refractivity (Wildman–Crippen MR) is 63.3 cm³/mol. The minimum absolute atomic E-state index is 0.894. The number of nitrogens with zero attached hydrogens (tertiary/aromatic N) is 3. The molecule has 1 N–H and O–H groups in total. The predicted octanol–water partition coefficient (Wildman–Crippen LogP) is 2.27. The number of pyridine rings is 1. The first-order chi connectivity index (χ1) is 7.38. The average Bonchev–Trinajstić information content (AvgIpc) is 2.79. The van der Waals surface area contributed by atoms with Crippen molar-refractivity contribution in [3.63, 3.8) is 0 Å². The highest BCUT2D eigenvalue weighted by atomic mass is 32.2. The first-order valence-corrected chi connectivity index (χ1v) is 6.16. The molecule has 0 unspecified atom stereocenters. The molecule has 0 aliphatic carbocycles. The molecule has 2 rings (SSSR count). The van der Waals surface area contributed by atoms with Gasteiger partial charge in [-0.1, -0.05) is 11.8 Å². The molecular weight excluding hydrogens is 228 g/mol. The molecule has 0 bridgehead atoms. The zero-order chi connectivity index (χ0) is 10.5. The fraction of sp³-hybridized carbons (Fsp3) is 0.222. The minimum atomic E-state index is 0.894. The van der Waals surface area contributed by atoms with Crippen LogP contribution in [0.25, 0.3) is 0 Å². The Morgan fingerprint density at radius 2 is 2.40 bits per heavy atom. The molecule has 0 aromatic carbocycles. The van der Waals surface area contributed by atoms with Gasteiger partial charge in [0, 0.05) is 19.0 Å². The molecule has 0 saturated heterocycles. The molecule has 6 heteroatoms. The van der Waals surface area contributed by atoms with Crippen LogP contribution in [0.15, 0.2) is 29.0 Å². The van der Waals surface area contributed by atoms with Crippen molar-refractivity contribution in [1.82, 2.24) is 14.3 Å². The van der Waals surface area contributed by atoms with Gasteiger partial charge < -0.3 is 5.32 Å². The summed E-state index contributed by atoms with van der Waals surface area (Å²) in [6.07, 6.45) is 3.39. The van der Waals surface area contributed by atoms with Crippen LogP contribution < -0.4 is 5.32 Å². The number of aromatic nitrogens is 3. The van der Waals surface area contributed by atoms with E-state index in [2.05, 4.69) is 19.7 Å². The maximum Gasteiger partial charge on any atom is 0.170 e. The van der Waals surface area contributed by atoms with Crippen molar-refractivity contribution in [3.8, 4) is 0 Å². The van der Waals surface area contributed by atoms with E-state index in [1.807, 2.05) is 25.4 Å². The summed E-state index contributed by atoms with van der Waals surface area (Å²) in [5.41, 5.74) is 1.23. The van der Waals surface area contributed by atoms with Crippen LogP contribution in [0.3, 0.4) is 0 Å². The molecule has 0 radical (unpaired) electrons. The van der Waals surface area contributed by atoms with Gasteiger partial charge in [0.2, 0.25) is 0 Å². The molecule has 0 amide bonds. The summed E-state index contributed by atoms with van der Waals surface area (Å²) in [4.78, 5) is 8.27. The van der Waals surface area contributed by atoms with Crippen molar-refractivity contribution in [2.45, 2.75) is 10.1 Å². The van der Waals surface area contributed by atoms with Gasteiger partial charge in [0.25, 0.3) is 0 Å². The molecule has 2 aromatic rings. The van der Waals surface area contributed by atoms with Gasteiger partial charge in [0.05, 0.1) is 0 Å². The maximum absolute atomic E-state index is 4.16. The largest absolute Gasteiger partial charge is 0.373 e. The van der Waals surface area contributed by atoms with E-state index in [0.29, 0.717) is 0 Å². The topological polar surface area (TPSA) is 50.7 Å². The summed E-state index contributed by atoms with van der Waals surface area (Å²) in [6.45, 7) is 0. The van der Waals surface area contributed by atoms with Gasteiger partial charge in [0.1, 0.15) is 12.1 Å². The highest BCUT2D eigenvalue weighted by Crippen LogP contribution is 2.23. The second-order valence-electron chi connectivity index (χ2n) is 2.80. The molecule has 2 heterocycles. The smallest absolute Gasteiger partial charge is 0.170 e. The Morgan fingerprint density at radius 1 is 1.47 bits per heavy atom. The summed E-state index contributed by atoms with van der Waals surface area (Å²) in [5.74, 6) is 1.79. The lowest BCUT2D eigenvalue weighted by atomic mass is 10.3. The van der Waals surface area contributed by atoms with E-state index in [0.717, 1.165) is 15.9 Å². The molecule has 0 atom stereocenters. The van der Waals surface area contributed by atoms with Crippen molar-refractivity contribution in [1.29, 1.82) is 0 Å². The number of hydrogen-bond donors (Lipinski definition) is 1. The van der Waals surface area contributed by atoms with Crippen molar-refractivity contribution >= 4 is 29.1 Å². The lowest BCUT2D eigenvalue weighted by molar-refractivity contribution is 1.20. The Morgan fingerprint density at radius 3 is 3.13 bits per heavy atom. The molecule has 0 saturated carbocycles. The highest BCUT2D eigenvalue weighted by molar-refractivity contribution is 8.00. The van der Waals surface area contributed by atoms with Crippen LogP contribution in [0.4, 0.5) is 5.82 Å². The summed E-state index contributed by atoms with van der Waals surface area (Å²) in [7, 11) is 1.87. The van der Waals surface area contributed by atoms with Crippen molar-refractivity contribution in [2.24, 2.45) is 0 Å². The number of anilines is 1. The normalized spacial score (nSPS) is 10.2. The van der Waals surface area contributed by atoms with E-state index >= 15 is 0 Å². The first-order valence-electron chi connectivity index (χ1n) is 4.40. The van der Waals surface area contributed by atoms with E-state index in [9.17, 15) is 0 Å². The van der Waals surface area contributed by atoms with Gasteiger partial charge in [0.15, 0.2) is 4.34 Å². The second kappa shape index (κ2) is 5.09. The monoisotopic (exact) mass is 238 g/mol. The quantitative estimate of drug-likeness (QED) is 0.828. The van der Waals surface area contributed by atoms with Crippen LogP contribution in [0, 0.1) is 0 Å². The number of nitrogens with one attached hydrogen (secondary N) is 1. The molecule has 4 nitrogen and oxygen atoms in total. The first kappa shape index (κ1) is 10.4. The van der Waals surface area contributed by atoms with Crippen LogP contribution >= 0.6 is 23.3 Å². The lowest BCUT2D eigenvalue weighted by Crippen LogP contribution is -1.92. The lowest BCUT2D eigenvalue weighted by Gasteiger charge is -2.01. The standard InChI is InChI=1S/C9H10N4S2/c1-10-8-4-7(2-3-11-8)5-14-9-12-6-13-15-9/h2-4,6H,5H2,1H3,(H,10,11). The highest BCUT2D eigenvalue weighted by Gasteiger charge is 2.00. The third-order valence-corrected chi connectivity index (χ3v) is 3.65. The van der Waals surface area contributed by atoms with Gasteiger partial charge in [-0.25, -0.2) is 9.97 Å². The van der Waals surface area contributed by atoms with Gasteiger partial charge in [-0.3, -0.25) is 0 Å². The molecular formula is C9H10N4S2. The van der Waals surface area contributed by atoms with Crippen molar-refractivity contribution in [3.05, 3.63) is 30.2 Å². The second-order valence-corrected chi connectivity index (χ2v) is 4.80. The van der Waals surface area contributed by atoms with Gasteiger partial charge in [-0.2, -0.15) is 4.37 Å². The Balaban J connectivity index is 1.98. The van der Waals surface area contributed by atoms with Crippen LogP contribution in [-0.2, 0) is 5.75 Å². The fourth-order valence-corrected chi connectivity index (χ4v) is 2.46. The van der Waals surface area contributed by atoms with E-state index in [-0.39, 0.29) is 0 Å². The summed E-state index contributed by atoms with van der Waals surface area (Å²) in [6, 6.07) is 4.04. The van der Waals surface area contributed by atoms with Crippen LogP contribution in [0.5, 0.6) is 0 Å². The summed E-state index contributed by atoms with van der Waals surface area (Å²) in [5, 5.41) is 3.01. The Labute approximate surface area is 96.3 Å². The van der Waals surface area contributed by atoms with Gasteiger partial charge >= 0.3 is 0 Å². The molecule has 78 valence electrons. The summed E-state index contributed by atoms with van der Waals surface area (Å²) < 4.78 is 4.95. The molecule has 15 heavy (non-hydrogen) atoms. The third kappa shape index (κ3) is 2.90. The third-order valence-electron chi connectivity index (χ3n) is 1.78. The Bertz CT molecular complexity index is 416. The molecule has 0 aliphatic rings. The number of hydrogen-bond acceptors (Lipinski definition) is 6. The minimum Gasteiger partial charge on any atom is -0.373 e. The van der Waals surface area contributed by atoms with Crippen LogP contribution in [0.1, 0.15) is 5.56 Å². The van der Waals surface area contributed by atoms with E-state index < -0.39 is 0 Å². The molecule has 2 aromatic heterocycles. The van der Waals surface area contributed by atoms with Gasteiger partial charge in [-0.05, 0) is 29.2 Å². The van der Waals surface area contributed by atoms with Crippen LogP contribution in [-0.4, -0.2) is 21.4 Å². The Kier molecular flexibility index (Phi) is 3.52. The maximum atomic E-state index is 4.16. The van der Waals surface area contributed by atoms with E-state index in [1.165, 1.54) is 17.1 Å². The molecule has 0 spiro atoms. The van der Waals surface area contributed by atoms with Crippen molar-refractivity contribution in [2.75, 3.05) is 12.4 Å². The Hall–Kier alpha value is -1.14. The van der Waals surface area contributed by atoms with E-state index in [1.54, 1.807) is 18.1 Å². The molecule has 0 aliphatic heterocycles. The van der Waals surface area contributed by atoms with E-state index in [4.69, 9.17) is 0 Å². The zero-order valence-electron chi connectivity index (χ0n) is 8.17.